The molecule has 1 aliphatic carbocycles. The summed E-state index contributed by atoms with van der Waals surface area (Å²) in [5.41, 5.74) is 6.21. The first kappa shape index (κ1) is 12.3. The lowest BCUT2D eigenvalue weighted by Crippen LogP contribution is -2.54. The Morgan fingerprint density at radius 1 is 1.50 bits per heavy atom. The maximum absolute atomic E-state index is 6.02. The molecular formula is C12H25N3O. The van der Waals surface area contributed by atoms with Crippen LogP contribution in [-0.4, -0.2) is 68.3 Å². The van der Waals surface area contributed by atoms with Crippen molar-refractivity contribution in [3.05, 3.63) is 0 Å². The molecule has 4 nitrogen and oxygen atoms in total. The van der Waals surface area contributed by atoms with Gasteiger partial charge in [0.15, 0.2) is 0 Å². The molecule has 0 aromatic carbocycles. The second-order valence-corrected chi connectivity index (χ2v) is 5.29. The van der Waals surface area contributed by atoms with E-state index in [1.165, 1.54) is 25.8 Å². The monoisotopic (exact) mass is 227 g/mol. The van der Waals surface area contributed by atoms with Gasteiger partial charge in [0, 0.05) is 44.9 Å². The summed E-state index contributed by atoms with van der Waals surface area (Å²) in [4.78, 5) is 5.02. The summed E-state index contributed by atoms with van der Waals surface area (Å²) in [7, 11) is 3.94. The molecule has 4 heteroatoms. The Morgan fingerprint density at radius 3 is 2.81 bits per heavy atom. The van der Waals surface area contributed by atoms with E-state index in [4.69, 9.17) is 10.5 Å². The molecule has 1 atom stereocenters. The van der Waals surface area contributed by atoms with Crippen molar-refractivity contribution in [3.63, 3.8) is 0 Å². The summed E-state index contributed by atoms with van der Waals surface area (Å²) in [5.74, 6) is 0. The standard InChI is InChI=1S/C12H25N3O/c1-14(7-8-16-2)12(9-13)5-6-15(10-12)11-3-4-11/h11H,3-10,13H2,1-2H3. The molecule has 0 aromatic rings. The normalized spacial score (nSPS) is 31.5. The van der Waals surface area contributed by atoms with Crippen LogP contribution in [0.4, 0.5) is 0 Å². The van der Waals surface area contributed by atoms with Crippen LogP contribution in [-0.2, 0) is 4.74 Å². The zero-order chi connectivity index (χ0) is 11.6. The Hall–Kier alpha value is -0.160. The molecular weight excluding hydrogens is 202 g/mol. The lowest BCUT2D eigenvalue weighted by Gasteiger charge is -2.38. The Balaban J connectivity index is 1.91. The number of methoxy groups -OCH3 is 1. The quantitative estimate of drug-likeness (QED) is 0.700. The molecule has 0 aromatic heterocycles. The van der Waals surface area contributed by atoms with E-state index in [0.29, 0.717) is 0 Å². The number of nitrogens with two attached hydrogens (primary N) is 1. The van der Waals surface area contributed by atoms with Gasteiger partial charge in [-0.1, -0.05) is 0 Å². The van der Waals surface area contributed by atoms with Gasteiger partial charge in [-0.25, -0.2) is 0 Å². The lowest BCUT2D eigenvalue weighted by atomic mass is 9.97. The third kappa shape index (κ3) is 2.40. The number of likely N-dealkylation sites (tertiary alicyclic amines) is 1. The molecule has 1 saturated carbocycles. The van der Waals surface area contributed by atoms with Crippen molar-refractivity contribution in [2.75, 3.05) is 46.9 Å². The van der Waals surface area contributed by atoms with Gasteiger partial charge in [-0.2, -0.15) is 0 Å². The van der Waals surface area contributed by atoms with Gasteiger partial charge in [0.1, 0.15) is 0 Å². The molecule has 2 fully saturated rings. The summed E-state index contributed by atoms with van der Waals surface area (Å²) in [6.07, 6.45) is 3.99. The largest absolute Gasteiger partial charge is 0.383 e. The first-order valence-corrected chi connectivity index (χ1v) is 6.36. The lowest BCUT2D eigenvalue weighted by molar-refractivity contribution is 0.0862. The third-order valence-electron chi connectivity index (χ3n) is 4.25. The van der Waals surface area contributed by atoms with Gasteiger partial charge >= 0.3 is 0 Å². The fourth-order valence-corrected chi connectivity index (χ4v) is 2.74. The van der Waals surface area contributed by atoms with Gasteiger partial charge in [0.05, 0.1) is 6.61 Å². The minimum absolute atomic E-state index is 0.196. The molecule has 1 unspecified atom stereocenters. The molecule has 1 aliphatic heterocycles. The van der Waals surface area contributed by atoms with Crippen molar-refractivity contribution in [2.24, 2.45) is 5.73 Å². The highest BCUT2D eigenvalue weighted by molar-refractivity contribution is 5.02. The van der Waals surface area contributed by atoms with Crippen LogP contribution in [0.15, 0.2) is 0 Å². The zero-order valence-electron chi connectivity index (χ0n) is 10.6. The minimum Gasteiger partial charge on any atom is -0.383 e. The number of rotatable bonds is 6. The van der Waals surface area contributed by atoms with E-state index in [0.717, 1.165) is 32.3 Å². The summed E-state index contributed by atoms with van der Waals surface area (Å²) >= 11 is 0. The average molecular weight is 227 g/mol. The first-order chi connectivity index (χ1) is 7.72. The Bertz CT molecular complexity index is 232. The van der Waals surface area contributed by atoms with E-state index in [1.54, 1.807) is 7.11 Å². The summed E-state index contributed by atoms with van der Waals surface area (Å²) < 4.78 is 5.15. The molecule has 94 valence electrons. The fraction of sp³-hybridized carbons (Fsp3) is 1.00. The van der Waals surface area contributed by atoms with Crippen molar-refractivity contribution in [1.29, 1.82) is 0 Å². The molecule has 16 heavy (non-hydrogen) atoms. The van der Waals surface area contributed by atoms with Crippen LogP contribution < -0.4 is 5.73 Å². The highest BCUT2D eigenvalue weighted by atomic mass is 16.5. The zero-order valence-corrected chi connectivity index (χ0v) is 10.6. The smallest absolute Gasteiger partial charge is 0.0589 e. The van der Waals surface area contributed by atoms with Crippen LogP contribution in [0, 0.1) is 0 Å². The Kier molecular flexibility index (Phi) is 3.85. The van der Waals surface area contributed by atoms with Gasteiger partial charge in [-0.3, -0.25) is 9.80 Å². The second-order valence-electron chi connectivity index (χ2n) is 5.29. The number of ether oxygens (including phenoxy) is 1. The van der Waals surface area contributed by atoms with Crippen molar-refractivity contribution < 1.29 is 4.74 Å². The summed E-state index contributed by atoms with van der Waals surface area (Å²) in [6.45, 7) is 4.90. The SMILES string of the molecule is COCCN(C)C1(CN)CCN(C2CC2)C1. The predicted octanol–water partition coefficient (Wildman–Crippen LogP) is 0.130. The average Bonchev–Trinajstić information content (AvgIpc) is 3.06. The van der Waals surface area contributed by atoms with Crippen molar-refractivity contribution in [3.8, 4) is 0 Å². The molecule has 1 heterocycles. The number of hydrogen-bond acceptors (Lipinski definition) is 4. The van der Waals surface area contributed by atoms with E-state index in [1.807, 2.05) is 0 Å². The number of hydrogen-bond donors (Lipinski definition) is 1. The predicted molar refractivity (Wildman–Crippen MR) is 65.5 cm³/mol. The van der Waals surface area contributed by atoms with Crippen LogP contribution >= 0.6 is 0 Å². The molecule has 0 spiro atoms. The molecule has 0 amide bonds. The van der Waals surface area contributed by atoms with E-state index >= 15 is 0 Å². The Labute approximate surface area is 98.7 Å². The minimum atomic E-state index is 0.196. The van der Waals surface area contributed by atoms with Gasteiger partial charge in [-0.15, -0.1) is 0 Å². The second kappa shape index (κ2) is 5.00. The maximum atomic E-state index is 6.02. The molecule has 2 aliphatic rings. The van der Waals surface area contributed by atoms with Gasteiger partial charge in [0.2, 0.25) is 0 Å². The summed E-state index contributed by atoms with van der Waals surface area (Å²) in [6, 6.07) is 0.865. The van der Waals surface area contributed by atoms with E-state index in [2.05, 4.69) is 16.8 Å². The van der Waals surface area contributed by atoms with E-state index in [-0.39, 0.29) is 5.54 Å². The molecule has 1 saturated heterocycles. The van der Waals surface area contributed by atoms with E-state index < -0.39 is 0 Å². The summed E-state index contributed by atoms with van der Waals surface area (Å²) in [5, 5.41) is 0. The van der Waals surface area contributed by atoms with Crippen LogP contribution in [0.2, 0.25) is 0 Å². The maximum Gasteiger partial charge on any atom is 0.0589 e. The van der Waals surface area contributed by atoms with Crippen molar-refractivity contribution in [2.45, 2.75) is 30.8 Å². The van der Waals surface area contributed by atoms with Crippen molar-refractivity contribution >= 4 is 0 Å². The van der Waals surface area contributed by atoms with Crippen LogP contribution in [0.3, 0.4) is 0 Å². The van der Waals surface area contributed by atoms with Gasteiger partial charge < -0.3 is 10.5 Å². The third-order valence-corrected chi connectivity index (χ3v) is 4.25. The first-order valence-electron chi connectivity index (χ1n) is 6.36. The van der Waals surface area contributed by atoms with Crippen molar-refractivity contribution in [1.82, 2.24) is 9.80 Å². The van der Waals surface area contributed by atoms with Crippen LogP contribution in [0.1, 0.15) is 19.3 Å². The Morgan fingerprint density at radius 2 is 2.25 bits per heavy atom. The number of nitrogens with zero attached hydrogens (tertiary/aromatic N) is 2. The molecule has 2 N–H and O–H groups in total. The molecule has 2 rings (SSSR count). The van der Waals surface area contributed by atoms with Crippen LogP contribution in [0.25, 0.3) is 0 Å². The molecule has 0 bridgehead atoms. The van der Waals surface area contributed by atoms with E-state index in [9.17, 15) is 0 Å². The van der Waals surface area contributed by atoms with Gasteiger partial charge in [-0.05, 0) is 26.3 Å². The highest BCUT2D eigenvalue weighted by Crippen LogP contribution is 2.35. The number of likely N-dealkylation sites (N-methyl/N-ethyl adjacent to an activating group) is 1. The topological polar surface area (TPSA) is 41.7 Å². The fourth-order valence-electron chi connectivity index (χ4n) is 2.74. The highest BCUT2D eigenvalue weighted by Gasteiger charge is 2.44. The molecule has 0 radical (unpaired) electrons. The van der Waals surface area contributed by atoms with Crippen LogP contribution in [0.5, 0.6) is 0 Å². The van der Waals surface area contributed by atoms with Gasteiger partial charge in [0.25, 0.3) is 0 Å².